The maximum atomic E-state index is 9.26. The van der Waals surface area contributed by atoms with Gasteiger partial charge in [-0.15, -0.1) is 0 Å². The Bertz CT molecular complexity index is 787. The molecule has 0 amide bonds. The van der Waals surface area contributed by atoms with E-state index < -0.39 is 0 Å². The third-order valence-corrected chi connectivity index (χ3v) is 3.34. The molecule has 3 aromatic rings. The molecule has 1 aromatic carbocycles. The van der Waals surface area contributed by atoms with Crippen molar-refractivity contribution in [2.45, 2.75) is 0 Å². The molecule has 2 heterocycles. The van der Waals surface area contributed by atoms with Crippen LogP contribution in [0.1, 0.15) is 5.69 Å². The number of pyridine rings is 1. The fourth-order valence-corrected chi connectivity index (χ4v) is 2.48. The zero-order valence-electron chi connectivity index (χ0n) is 10.1. The van der Waals surface area contributed by atoms with Crippen molar-refractivity contribution >= 4 is 28.4 Å². The molecule has 1 N–H and O–H groups in total. The normalized spacial score (nSPS) is 10.3. The van der Waals surface area contributed by atoms with Crippen molar-refractivity contribution in [2.75, 3.05) is 12.4 Å². The molecule has 0 atom stereocenters. The van der Waals surface area contributed by atoms with Gasteiger partial charge in [-0.1, -0.05) is 18.2 Å². The monoisotopic (exact) mass is 267 g/mol. The highest BCUT2D eigenvalue weighted by Crippen LogP contribution is 2.30. The Hall–Kier alpha value is -2.52. The highest BCUT2D eigenvalue weighted by Gasteiger charge is 2.15. The van der Waals surface area contributed by atoms with Crippen LogP contribution in [0.25, 0.3) is 22.2 Å². The molecule has 3 rings (SSSR count). The number of anilines is 1. The average molecular weight is 267 g/mol. The second-order valence-corrected chi connectivity index (χ2v) is 4.43. The summed E-state index contributed by atoms with van der Waals surface area (Å²) >= 11 is 1.11. The number of hydrogen-bond donors (Lipinski definition) is 1. The zero-order valence-corrected chi connectivity index (χ0v) is 10.9. The summed E-state index contributed by atoms with van der Waals surface area (Å²) in [7, 11) is 1.78. The lowest BCUT2D eigenvalue weighted by atomic mass is 10.1. The summed E-state index contributed by atoms with van der Waals surface area (Å²) in [6.07, 6.45) is 0. The second kappa shape index (κ2) is 4.63. The van der Waals surface area contributed by atoms with E-state index >= 15 is 0 Å². The third-order valence-electron chi connectivity index (χ3n) is 2.81. The summed E-state index contributed by atoms with van der Waals surface area (Å²) in [6, 6.07) is 11.8. The number of hydrogen-bond acceptors (Lipinski definition) is 6. The first kappa shape index (κ1) is 11.6. The van der Waals surface area contributed by atoms with Crippen LogP contribution in [0.15, 0.2) is 30.3 Å². The SMILES string of the molecule is CNc1nsnc1-c1cc2ccccc2nc1C#N. The van der Waals surface area contributed by atoms with Crippen molar-refractivity contribution in [3.63, 3.8) is 0 Å². The molecule has 19 heavy (non-hydrogen) atoms. The molecule has 0 spiro atoms. The van der Waals surface area contributed by atoms with Crippen LogP contribution in [0.5, 0.6) is 0 Å². The molecule has 2 aromatic heterocycles. The molecule has 0 saturated heterocycles. The molecular formula is C13H9N5S. The van der Waals surface area contributed by atoms with Gasteiger partial charge in [0.1, 0.15) is 11.8 Å². The van der Waals surface area contributed by atoms with Gasteiger partial charge in [-0.25, -0.2) is 4.98 Å². The van der Waals surface area contributed by atoms with Gasteiger partial charge in [0, 0.05) is 18.0 Å². The molecule has 0 aliphatic carbocycles. The van der Waals surface area contributed by atoms with Gasteiger partial charge in [-0.3, -0.25) is 0 Å². The number of rotatable bonds is 2. The molecule has 0 unspecified atom stereocenters. The quantitative estimate of drug-likeness (QED) is 0.772. The predicted octanol–water partition coefficient (Wildman–Crippen LogP) is 2.67. The number of para-hydroxylation sites is 1. The number of aromatic nitrogens is 3. The maximum absolute atomic E-state index is 9.26. The first-order valence-electron chi connectivity index (χ1n) is 5.64. The van der Waals surface area contributed by atoms with Crippen LogP contribution in [0.4, 0.5) is 5.82 Å². The van der Waals surface area contributed by atoms with Gasteiger partial charge in [-0.2, -0.15) is 14.0 Å². The Morgan fingerprint density at radius 3 is 2.89 bits per heavy atom. The van der Waals surface area contributed by atoms with E-state index in [4.69, 9.17) is 0 Å². The van der Waals surface area contributed by atoms with Crippen molar-refractivity contribution in [3.05, 3.63) is 36.0 Å². The van der Waals surface area contributed by atoms with Crippen LogP contribution in [0, 0.1) is 11.3 Å². The van der Waals surface area contributed by atoms with E-state index in [-0.39, 0.29) is 0 Å². The van der Waals surface area contributed by atoms with Crippen LogP contribution in [-0.2, 0) is 0 Å². The van der Waals surface area contributed by atoms with Gasteiger partial charge < -0.3 is 5.32 Å². The predicted molar refractivity (Wildman–Crippen MR) is 74.9 cm³/mol. The molecule has 0 fully saturated rings. The Kier molecular flexibility index (Phi) is 2.82. The molecule has 5 nitrogen and oxygen atoms in total. The highest BCUT2D eigenvalue weighted by molar-refractivity contribution is 6.99. The first-order chi connectivity index (χ1) is 9.33. The Morgan fingerprint density at radius 1 is 1.26 bits per heavy atom. The van der Waals surface area contributed by atoms with Gasteiger partial charge >= 0.3 is 0 Å². The fraction of sp³-hybridized carbons (Fsp3) is 0.0769. The summed E-state index contributed by atoms with van der Waals surface area (Å²) in [5, 5.41) is 13.2. The van der Waals surface area contributed by atoms with Crippen LogP contribution in [0.3, 0.4) is 0 Å². The zero-order chi connectivity index (χ0) is 13.2. The lowest BCUT2D eigenvalue weighted by Gasteiger charge is -2.04. The van der Waals surface area contributed by atoms with Crippen LogP contribution in [-0.4, -0.2) is 20.8 Å². The minimum Gasteiger partial charge on any atom is -0.370 e. The average Bonchev–Trinajstić information content (AvgIpc) is 2.94. The standard InChI is InChI=1S/C13H9N5S/c1-15-13-12(17-19-18-13)9-6-8-4-2-3-5-10(8)16-11(9)7-14/h2-6H,1H3,(H,15,18). The highest BCUT2D eigenvalue weighted by atomic mass is 32.1. The number of fused-ring (bicyclic) bond motifs is 1. The molecule has 0 saturated carbocycles. The molecular weight excluding hydrogens is 258 g/mol. The van der Waals surface area contributed by atoms with E-state index in [1.807, 2.05) is 30.3 Å². The first-order valence-corrected chi connectivity index (χ1v) is 6.37. The Morgan fingerprint density at radius 2 is 2.11 bits per heavy atom. The summed E-state index contributed by atoms with van der Waals surface area (Å²) in [5.74, 6) is 0.665. The molecule has 0 aliphatic heterocycles. The number of nitriles is 1. The Balaban J connectivity index is 2.31. The van der Waals surface area contributed by atoms with Gasteiger partial charge in [0.05, 0.1) is 17.2 Å². The molecule has 6 heteroatoms. The second-order valence-electron chi connectivity index (χ2n) is 3.90. The minimum atomic E-state index is 0.364. The smallest absolute Gasteiger partial charge is 0.167 e. The van der Waals surface area contributed by atoms with Crippen molar-refractivity contribution in [1.29, 1.82) is 5.26 Å². The van der Waals surface area contributed by atoms with Gasteiger partial charge in [0.2, 0.25) is 0 Å². The molecule has 0 aliphatic rings. The van der Waals surface area contributed by atoms with E-state index in [0.717, 1.165) is 22.6 Å². The van der Waals surface area contributed by atoms with Crippen molar-refractivity contribution < 1.29 is 0 Å². The lowest BCUT2D eigenvalue weighted by Crippen LogP contribution is -1.95. The number of nitrogens with one attached hydrogen (secondary N) is 1. The summed E-state index contributed by atoms with van der Waals surface area (Å²) in [5.41, 5.74) is 2.54. The summed E-state index contributed by atoms with van der Waals surface area (Å²) in [6.45, 7) is 0. The van der Waals surface area contributed by atoms with Crippen LogP contribution < -0.4 is 5.32 Å². The van der Waals surface area contributed by atoms with E-state index in [1.165, 1.54) is 0 Å². The fourth-order valence-electron chi connectivity index (χ4n) is 1.91. The maximum Gasteiger partial charge on any atom is 0.167 e. The number of nitrogens with zero attached hydrogens (tertiary/aromatic N) is 4. The summed E-state index contributed by atoms with van der Waals surface area (Å²) < 4.78 is 8.40. The van der Waals surface area contributed by atoms with Crippen LogP contribution >= 0.6 is 11.7 Å². The van der Waals surface area contributed by atoms with Crippen molar-refractivity contribution in [1.82, 2.24) is 13.7 Å². The van der Waals surface area contributed by atoms with E-state index in [0.29, 0.717) is 22.8 Å². The van der Waals surface area contributed by atoms with E-state index in [1.54, 1.807) is 7.05 Å². The summed E-state index contributed by atoms with van der Waals surface area (Å²) in [4.78, 5) is 4.37. The van der Waals surface area contributed by atoms with Gasteiger partial charge in [0.25, 0.3) is 0 Å². The third kappa shape index (κ3) is 1.90. The largest absolute Gasteiger partial charge is 0.370 e. The van der Waals surface area contributed by atoms with Gasteiger partial charge in [-0.05, 0) is 12.1 Å². The number of benzene rings is 1. The van der Waals surface area contributed by atoms with E-state index in [2.05, 4.69) is 25.1 Å². The minimum absolute atomic E-state index is 0.364. The van der Waals surface area contributed by atoms with E-state index in [9.17, 15) is 5.26 Å². The van der Waals surface area contributed by atoms with Crippen molar-refractivity contribution in [3.8, 4) is 17.3 Å². The van der Waals surface area contributed by atoms with Crippen LogP contribution in [0.2, 0.25) is 0 Å². The van der Waals surface area contributed by atoms with Gasteiger partial charge in [0.15, 0.2) is 11.5 Å². The Labute approximate surface area is 113 Å². The lowest BCUT2D eigenvalue weighted by molar-refractivity contribution is 1.31. The van der Waals surface area contributed by atoms with Crippen molar-refractivity contribution in [2.24, 2.45) is 0 Å². The molecule has 0 bridgehead atoms. The topological polar surface area (TPSA) is 74.5 Å². The molecule has 92 valence electrons. The molecule has 0 radical (unpaired) electrons.